The summed E-state index contributed by atoms with van der Waals surface area (Å²) in [7, 11) is 1.46. The molecule has 1 N–H and O–H groups in total. The first-order valence-electron chi connectivity index (χ1n) is 4.47. The Kier molecular flexibility index (Phi) is 3.09. The summed E-state index contributed by atoms with van der Waals surface area (Å²) in [6, 6.07) is 0.857. The molecule has 0 amide bonds. The second-order valence-electron chi connectivity index (χ2n) is 3.66. The molecule has 12 heavy (non-hydrogen) atoms. The first-order chi connectivity index (χ1) is 5.63. The second kappa shape index (κ2) is 3.90. The molecule has 1 aliphatic heterocycles. The third-order valence-electron chi connectivity index (χ3n) is 2.38. The number of hydrogen-bond acceptors (Lipinski definition) is 3. The smallest absolute Gasteiger partial charge is 0.308 e. The lowest BCUT2D eigenvalue weighted by atomic mass is 9.89. The van der Waals surface area contributed by atoms with E-state index in [1.807, 2.05) is 0 Å². The molecule has 0 spiro atoms. The van der Waals surface area contributed by atoms with Crippen molar-refractivity contribution >= 4 is 5.97 Å². The van der Waals surface area contributed by atoms with Crippen molar-refractivity contribution in [3.8, 4) is 0 Å². The lowest BCUT2D eigenvalue weighted by Gasteiger charge is -2.31. The largest absolute Gasteiger partial charge is 0.469 e. The SMILES string of the molecule is COC(=O)C1C[C@H](C)N[C@@H](C)C1. The van der Waals surface area contributed by atoms with Crippen molar-refractivity contribution < 1.29 is 9.53 Å². The van der Waals surface area contributed by atoms with E-state index in [9.17, 15) is 4.79 Å². The maximum atomic E-state index is 11.2. The van der Waals surface area contributed by atoms with Gasteiger partial charge in [0.05, 0.1) is 13.0 Å². The number of methoxy groups -OCH3 is 1. The first kappa shape index (κ1) is 9.52. The van der Waals surface area contributed by atoms with Gasteiger partial charge in [-0.3, -0.25) is 4.79 Å². The van der Waals surface area contributed by atoms with Gasteiger partial charge in [-0.15, -0.1) is 0 Å². The van der Waals surface area contributed by atoms with E-state index in [4.69, 9.17) is 4.74 Å². The monoisotopic (exact) mass is 171 g/mol. The van der Waals surface area contributed by atoms with Gasteiger partial charge in [0.2, 0.25) is 0 Å². The summed E-state index contributed by atoms with van der Waals surface area (Å²) < 4.78 is 4.72. The molecule has 0 aromatic heterocycles. The summed E-state index contributed by atoms with van der Waals surface area (Å²) in [5.74, 6) is 0.0384. The normalized spacial score (nSPS) is 36.1. The zero-order valence-corrected chi connectivity index (χ0v) is 7.96. The number of hydrogen-bond donors (Lipinski definition) is 1. The van der Waals surface area contributed by atoms with Crippen LogP contribution >= 0.6 is 0 Å². The highest BCUT2D eigenvalue weighted by atomic mass is 16.5. The minimum atomic E-state index is -0.0600. The minimum absolute atomic E-state index is 0.0600. The van der Waals surface area contributed by atoms with E-state index in [0.717, 1.165) is 12.8 Å². The highest BCUT2D eigenvalue weighted by molar-refractivity contribution is 5.72. The third kappa shape index (κ3) is 2.21. The number of rotatable bonds is 1. The summed E-state index contributed by atoms with van der Waals surface area (Å²) >= 11 is 0. The van der Waals surface area contributed by atoms with Crippen LogP contribution in [0.25, 0.3) is 0 Å². The van der Waals surface area contributed by atoms with Crippen molar-refractivity contribution in [2.75, 3.05) is 7.11 Å². The molecule has 0 aromatic rings. The van der Waals surface area contributed by atoms with E-state index in [2.05, 4.69) is 19.2 Å². The van der Waals surface area contributed by atoms with E-state index in [0.29, 0.717) is 12.1 Å². The van der Waals surface area contributed by atoms with Gasteiger partial charge in [0, 0.05) is 12.1 Å². The van der Waals surface area contributed by atoms with Crippen LogP contribution in [0.15, 0.2) is 0 Å². The van der Waals surface area contributed by atoms with Crippen LogP contribution in [0.3, 0.4) is 0 Å². The maximum Gasteiger partial charge on any atom is 0.308 e. The summed E-state index contributed by atoms with van der Waals surface area (Å²) in [6.07, 6.45) is 1.80. The molecule has 3 heteroatoms. The molecule has 1 aliphatic rings. The van der Waals surface area contributed by atoms with Gasteiger partial charge in [-0.05, 0) is 26.7 Å². The molecule has 2 atom stereocenters. The van der Waals surface area contributed by atoms with Crippen LogP contribution in [-0.2, 0) is 9.53 Å². The van der Waals surface area contributed by atoms with E-state index < -0.39 is 0 Å². The van der Waals surface area contributed by atoms with Gasteiger partial charge in [0.15, 0.2) is 0 Å². The van der Waals surface area contributed by atoms with Crippen molar-refractivity contribution in [3.63, 3.8) is 0 Å². The molecule has 0 aliphatic carbocycles. The molecule has 1 rings (SSSR count). The molecule has 0 radical (unpaired) electrons. The Morgan fingerprint density at radius 1 is 1.33 bits per heavy atom. The Morgan fingerprint density at radius 3 is 2.25 bits per heavy atom. The summed E-state index contributed by atoms with van der Waals surface area (Å²) in [5, 5.41) is 3.38. The van der Waals surface area contributed by atoms with Crippen LogP contribution in [0.5, 0.6) is 0 Å². The molecule has 70 valence electrons. The maximum absolute atomic E-state index is 11.2. The molecule has 0 bridgehead atoms. The van der Waals surface area contributed by atoms with E-state index in [-0.39, 0.29) is 11.9 Å². The third-order valence-corrected chi connectivity index (χ3v) is 2.38. The van der Waals surface area contributed by atoms with Gasteiger partial charge in [-0.2, -0.15) is 0 Å². The quantitative estimate of drug-likeness (QED) is 0.597. The number of carbonyl (C=O) groups is 1. The van der Waals surface area contributed by atoms with Gasteiger partial charge >= 0.3 is 5.97 Å². The summed E-state index contributed by atoms with van der Waals surface area (Å²) in [5.41, 5.74) is 0. The highest BCUT2D eigenvalue weighted by Crippen LogP contribution is 2.20. The van der Waals surface area contributed by atoms with Crippen LogP contribution in [0.4, 0.5) is 0 Å². The summed E-state index contributed by atoms with van der Waals surface area (Å²) in [4.78, 5) is 11.2. The molecular weight excluding hydrogens is 154 g/mol. The predicted octanol–water partition coefficient (Wildman–Crippen LogP) is 0.936. The molecule has 1 saturated heterocycles. The van der Waals surface area contributed by atoms with Crippen LogP contribution in [0.1, 0.15) is 26.7 Å². The molecule has 1 heterocycles. The molecule has 0 saturated carbocycles. The lowest BCUT2D eigenvalue weighted by Crippen LogP contribution is -2.44. The van der Waals surface area contributed by atoms with Crippen LogP contribution in [-0.4, -0.2) is 25.2 Å². The fraction of sp³-hybridized carbons (Fsp3) is 0.889. The minimum Gasteiger partial charge on any atom is -0.469 e. The van der Waals surface area contributed by atoms with Crippen molar-refractivity contribution in [1.29, 1.82) is 0 Å². The lowest BCUT2D eigenvalue weighted by molar-refractivity contribution is -0.147. The first-order valence-corrected chi connectivity index (χ1v) is 4.47. The van der Waals surface area contributed by atoms with Crippen molar-refractivity contribution in [1.82, 2.24) is 5.32 Å². The average Bonchev–Trinajstić information content (AvgIpc) is 2.01. The second-order valence-corrected chi connectivity index (χ2v) is 3.66. The van der Waals surface area contributed by atoms with Crippen molar-refractivity contribution in [2.24, 2.45) is 5.92 Å². The Morgan fingerprint density at radius 2 is 1.83 bits per heavy atom. The molecule has 0 unspecified atom stereocenters. The van der Waals surface area contributed by atoms with Gasteiger partial charge in [-0.1, -0.05) is 0 Å². The number of ether oxygens (including phenoxy) is 1. The molecule has 3 nitrogen and oxygen atoms in total. The Labute approximate surface area is 73.5 Å². The Bertz CT molecular complexity index is 160. The zero-order valence-electron chi connectivity index (χ0n) is 7.96. The number of nitrogens with one attached hydrogen (secondary N) is 1. The number of carbonyl (C=O) groups excluding carboxylic acids is 1. The fourth-order valence-electron chi connectivity index (χ4n) is 1.93. The predicted molar refractivity (Wildman–Crippen MR) is 46.8 cm³/mol. The van der Waals surface area contributed by atoms with E-state index in [1.54, 1.807) is 0 Å². The van der Waals surface area contributed by atoms with Crippen molar-refractivity contribution in [3.05, 3.63) is 0 Å². The average molecular weight is 171 g/mol. The molecule has 0 aromatic carbocycles. The van der Waals surface area contributed by atoms with Crippen LogP contribution in [0, 0.1) is 5.92 Å². The molecular formula is C9H17NO2. The van der Waals surface area contributed by atoms with Gasteiger partial charge in [0.25, 0.3) is 0 Å². The van der Waals surface area contributed by atoms with Crippen LogP contribution < -0.4 is 5.32 Å². The van der Waals surface area contributed by atoms with Gasteiger partial charge in [0.1, 0.15) is 0 Å². The highest BCUT2D eigenvalue weighted by Gasteiger charge is 2.28. The number of esters is 1. The van der Waals surface area contributed by atoms with Gasteiger partial charge < -0.3 is 10.1 Å². The Hall–Kier alpha value is -0.570. The summed E-state index contributed by atoms with van der Waals surface area (Å²) in [6.45, 7) is 4.21. The molecule has 1 fully saturated rings. The Balaban J connectivity index is 2.49. The van der Waals surface area contributed by atoms with Crippen LogP contribution in [0.2, 0.25) is 0 Å². The van der Waals surface area contributed by atoms with Crippen molar-refractivity contribution in [2.45, 2.75) is 38.8 Å². The topological polar surface area (TPSA) is 38.3 Å². The van der Waals surface area contributed by atoms with Gasteiger partial charge in [-0.25, -0.2) is 0 Å². The van der Waals surface area contributed by atoms with E-state index >= 15 is 0 Å². The zero-order chi connectivity index (χ0) is 9.14. The standard InChI is InChI=1S/C9H17NO2/c1-6-4-8(9(11)12-3)5-7(2)10-6/h6-8,10H,4-5H2,1-3H3/t6-,7-/m0/s1. The fourth-order valence-corrected chi connectivity index (χ4v) is 1.93. The number of piperidine rings is 1. The van der Waals surface area contributed by atoms with E-state index in [1.165, 1.54) is 7.11 Å².